The number of carbonyl (C=O) groups is 2. The van der Waals surface area contributed by atoms with Crippen LogP contribution < -0.4 is 15.4 Å². The van der Waals surface area contributed by atoms with Gasteiger partial charge in [0.05, 0.1) is 6.54 Å². The molecule has 1 aliphatic carbocycles. The maximum absolute atomic E-state index is 12.7. The number of anilines is 1. The molecule has 0 saturated heterocycles. The minimum atomic E-state index is -3.75. The molecular weight excluding hydrogens is 472 g/mol. The van der Waals surface area contributed by atoms with Gasteiger partial charge in [-0.15, -0.1) is 5.10 Å². The number of urea groups is 1. The van der Waals surface area contributed by atoms with Gasteiger partial charge in [0.2, 0.25) is 15.9 Å². The minimum absolute atomic E-state index is 0.0458. The van der Waals surface area contributed by atoms with Crippen molar-refractivity contribution in [2.75, 3.05) is 18.9 Å². The number of aromatic nitrogens is 4. The Kier molecular flexibility index (Phi) is 6.47. The van der Waals surface area contributed by atoms with Crippen LogP contribution in [0, 0.1) is 0 Å². The van der Waals surface area contributed by atoms with Gasteiger partial charge in [0.25, 0.3) is 5.95 Å². The quantitative estimate of drug-likeness (QED) is 0.446. The number of pyridine rings is 2. The largest absolute Gasteiger partial charge is 0.341 e. The molecule has 0 bridgehead atoms. The number of likely N-dealkylation sites (N-methyl/N-ethyl adjacent to an activating group) is 1. The Balaban J connectivity index is 1.46. The van der Waals surface area contributed by atoms with Gasteiger partial charge >= 0.3 is 6.03 Å². The van der Waals surface area contributed by atoms with Gasteiger partial charge in [-0.05, 0) is 51.8 Å². The van der Waals surface area contributed by atoms with Crippen molar-refractivity contribution in [1.82, 2.24) is 34.5 Å². The Hall–Kier alpha value is -3.58. The summed E-state index contributed by atoms with van der Waals surface area (Å²) in [5.41, 5.74) is 1.07. The number of sulfonamides is 1. The second-order valence-corrected chi connectivity index (χ2v) is 11.1. The number of fused-ring (bicyclic) bond motifs is 1. The van der Waals surface area contributed by atoms with Gasteiger partial charge in [0.1, 0.15) is 4.90 Å². The van der Waals surface area contributed by atoms with Crippen molar-refractivity contribution in [2.24, 2.45) is 0 Å². The second kappa shape index (κ2) is 9.23. The van der Waals surface area contributed by atoms with E-state index in [9.17, 15) is 18.0 Å². The van der Waals surface area contributed by atoms with E-state index in [1.165, 1.54) is 16.8 Å². The van der Waals surface area contributed by atoms with Gasteiger partial charge in [0, 0.05) is 48.3 Å². The zero-order valence-electron chi connectivity index (χ0n) is 19.9. The van der Waals surface area contributed by atoms with Gasteiger partial charge < -0.3 is 10.2 Å². The van der Waals surface area contributed by atoms with Crippen LogP contribution in [0.15, 0.2) is 41.7 Å². The monoisotopic (exact) mass is 500 g/mol. The normalized spacial score (nSPS) is 14.1. The van der Waals surface area contributed by atoms with Crippen LogP contribution in [0.3, 0.4) is 0 Å². The molecule has 35 heavy (non-hydrogen) atoms. The number of hydrogen-bond donors (Lipinski definition) is 3. The highest BCUT2D eigenvalue weighted by Crippen LogP contribution is 2.25. The fraction of sp³-hybridized carbons (Fsp3) is 0.409. The zero-order chi connectivity index (χ0) is 25.4. The van der Waals surface area contributed by atoms with Crippen molar-refractivity contribution < 1.29 is 18.0 Å². The molecule has 3 amide bonds. The van der Waals surface area contributed by atoms with Crippen LogP contribution in [0.2, 0.25) is 0 Å². The SMILES string of the molecule is CN(C(=O)CNC(=O)Nc1nc2ccc(-c3cncc(S(=O)(=O)NC(C)(C)C)c3)cn2n1)C1CC1. The summed E-state index contributed by atoms with van der Waals surface area (Å²) in [5.74, 6) is -0.0997. The van der Waals surface area contributed by atoms with E-state index in [4.69, 9.17) is 0 Å². The summed E-state index contributed by atoms with van der Waals surface area (Å²) in [6, 6.07) is 4.65. The van der Waals surface area contributed by atoms with E-state index in [1.54, 1.807) is 57.2 Å². The second-order valence-electron chi connectivity index (χ2n) is 9.46. The van der Waals surface area contributed by atoms with Gasteiger partial charge in [-0.3, -0.25) is 15.1 Å². The minimum Gasteiger partial charge on any atom is -0.341 e. The fourth-order valence-corrected chi connectivity index (χ4v) is 4.79. The molecule has 1 saturated carbocycles. The van der Waals surface area contributed by atoms with Gasteiger partial charge in [-0.1, -0.05) is 0 Å². The van der Waals surface area contributed by atoms with E-state index in [0.717, 1.165) is 12.8 Å². The molecule has 3 N–H and O–H groups in total. The van der Waals surface area contributed by atoms with E-state index in [1.807, 2.05) is 0 Å². The molecule has 0 aromatic carbocycles. The Bertz CT molecular complexity index is 1380. The first-order valence-corrected chi connectivity index (χ1v) is 12.6. The van der Waals surface area contributed by atoms with Crippen LogP contribution in [0.1, 0.15) is 33.6 Å². The fourth-order valence-electron chi connectivity index (χ4n) is 3.38. The molecule has 3 aromatic rings. The Morgan fingerprint density at radius 2 is 1.91 bits per heavy atom. The van der Waals surface area contributed by atoms with Gasteiger partial charge in [0.15, 0.2) is 5.65 Å². The highest BCUT2D eigenvalue weighted by molar-refractivity contribution is 7.89. The lowest BCUT2D eigenvalue weighted by Crippen LogP contribution is -2.40. The van der Waals surface area contributed by atoms with Crippen LogP contribution in [0.25, 0.3) is 16.8 Å². The number of carbonyl (C=O) groups excluding carboxylic acids is 2. The van der Waals surface area contributed by atoms with Gasteiger partial charge in [-0.25, -0.2) is 22.4 Å². The van der Waals surface area contributed by atoms with E-state index in [0.29, 0.717) is 16.8 Å². The van der Waals surface area contributed by atoms with E-state index in [-0.39, 0.29) is 29.3 Å². The molecule has 1 fully saturated rings. The lowest BCUT2D eigenvalue weighted by molar-refractivity contribution is -0.129. The molecule has 12 nitrogen and oxygen atoms in total. The van der Waals surface area contributed by atoms with Crippen molar-refractivity contribution in [3.63, 3.8) is 0 Å². The average Bonchev–Trinajstić information content (AvgIpc) is 3.55. The number of amides is 3. The van der Waals surface area contributed by atoms with Crippen molar-refractivity contribution >= 4 is 33.6 Å². The average molecular weight is 501 g/mol. The zero-order valence-corrected chi connectivity index (χ0v) is 20.8. The summed E-state index contributed by atoms with van der Waals surface area (Å²) in [5, 5.41) is 9.27. The molecule has 0 atom stereocenters. The Morgan fingerprint density at radius 1 is 1.17 bits per heavy atom. The summed E-state index contributed by atoms with van der Waals surface area (Å²) >= 11 is 0. The predicted molar refractivity (Wildman–Crippen MR) is 129 cm³/mol. The predicted octanol–water partition coefficient (Wildman–Crippen LogP) is 1.61. The lowest BCUT2D eigenvalue weighted by Gasteiger charge is -2.20. The molecule has 1 aliphatic rings. The van der Waals surface area contributed by atoms with Crippen LogP contribution in [-0.2, 0) is 14.8 Å². The van der Waals surface area contributed by atoms with Crippen molar-refractivity contribution in [3.8, 4) is 11.1 Å². The summed E-state index contributed by atoms with van der Waals surface area (Å²) in [6.07, 6.45) is 6.48. The molecule has 13 heteroatoms. The number of nitrogens with one attached hydrogen (secondary N) is 3. The number of nitrogens with zero attached hydrogens (tertiary/aromatic N) is 5. The molecule has 4 rings (SSSR count). The third-order valence-electron chi connectivity index (χ3n) is 5.24. The Labute approximate surface area is 203 Å². The van der Waals surface area contributed by atoms with E-state index < -0.39 is 21.6 Å². The van der Waals surface area contributed by atoms with E-state index >= 15 is 0 Å². The van der Waals surface area contributed by atoms with Crippen molar-refractivity contribution in [1.29, 1.82) is 0 Å². The summed E-state index contributed by atoms with van der Waals surface area (Å²) < 4.78 is 29.4. The summed E-state index contributed by atoms with van der Waals surface area (Å²) in [7, 11) is -2.02. The highest BCUT2D eigenvalue weighted by Gasteiger charge is 2.29. The van der Waals surface area contributed by atoms with Crippen LogP contribution in [0.4, 0.5) is 10.7 Å². The first-order valence-electron chi connectivity index (χ1n) is 11.1. The third-order valence-corrected chi connectivity index (χ3v) is 6.97. The topological polar surface area (TPSA) is 151 Å². The van der Waals surface area contributed by atoms with Gasteiger partial charge in [-0.2, -0.15) is 4.98 Å². The smallest absolute Gasteiger partial charge is 0.322 e. The molecule has 0 aliphatic heterocycles. The molecular formula is C22H28N8O4S. The standard InChI is InChI=1S/C22H28N8O4S/c1-22(2,3)28-35(33,34)17-9-15(10-23-11-17)14-5-8-18-25-20(27-30(18)13-14)26-21(32)24-12-19(31)29(4)16-6-7-16/h5,8-11,13,16,28H,6-7,12H2,1-4H3,(H2,24,26,27,32). The lowest BCUT2D eigenvalue weighted by atomic mass is 10.1. The van der Waals surface area contributed by atoms with Crippen LogP contribution in [0.5, 0.6) is 0 Å². The molecule has 0 spiro atoms. The van der Waals surface area contributed by atoms with Crippen LogP contribution >= 0.6 is 0 Å². The molecule has 0 radical (unpaired) electrons. The number of rotatable bonds is 7. The Morgan fingerprint density at radius 3 is 2.60 bits per heavy atom. The van der Waals surface area contributed by atoms with Crippen molar-refractivity contribution in [3.05, 3.63) is 36.8 Å². The molecule has 186 valence electrons. The highest BCUT2D eigenvalue weighted by atomic mass is 32.2. The first-order chi connectivity index (χ1) is 16.4. The number of hydrogen-bond acceptors (Lipinski definition) is 7. The first kappa shape index (κ1) is 24.5. The van der Waals surface area contributed by atoms with E-state index in [2.05, 4.69) is 30.4 Å². The maximum atomic E-state index is 12.7. The summed E-state index contributed by atoms with van der Waals surface area (Å²) in [4.78, 5) is 34.2. The summed E-state index contributed by atoms with van der Waals surface area (Å²) in [6.45, 7) is 5.16. The molecule has 0 unspecified atom stereocenters. The third kappa shape index (κ3) is 6.11. The maximum Gasteiger partial charge on any atom is 0.322 e. The van der Waals surface area contributed by atoms with Crippen LogP contribution in [-0.4, -0.2) is 70.0 Å². The molecule has 3 heterocycles. The molecule has 3 aromatic heterocycles. The van der Waals surface area contributed by atoms with Crippen molar-refractivity contribution in [2.45, 2.75) is 50.1 Å².